The fourth-order valence-corrected chi connectivity index (χ4v) is 2.67. The number of carbonyl (C=O) groups is 2. The molecule has 0 atom stereocenters. The molecule has 2 N–H and O–H groups in total. The van der Waals surface area contributed by atoms with Gasteiger partial charge in [-0.1, -0.05) is 36.4 Å². The molecule has 132 valence electrons. The number of nitrogens with one attached hydrogen (secondary N) is 2. The largest absolute Gasteiger partial charge is 0.354 e. The molecule has 3 rings (SSSR count). The molecule has 7 heteroatoms. The highest BCUT2D eigenvalue weighted by Gasteiger charge is 2.17. The van der Waals surface area contributed by atoms with Crippen LogP contribution in [0.25, 0.3) is 10.8 Å². The molecular weight excluding hydrogens is 332 g/mol. The summed E-state index contributed by atoms with van der Waals surface area (Å²) in [6.07, 6.45) is 0. The van der Waals surface area contributed by atoms with E-state index in [-0.39, 0.29) is 12.2 Å². The van der Waals surface area contributed by atoms with Crippen LogP contribution in [0.4, 0.5) is 5.69 Å². The molecule has 2 amide bonds. The van der Waals surface area contributed by atoms with E-state index in [1.807, 2.05) is 25.1 Å². The molecule has 0 aliphatic heterocycles. The van der Waals surface area contributed by atoms with Crippen molar-refractivity contribution in [2.24, 2.45) is 0 Å². The first-order valence-electron chi connectivity index (χ1n) is 8.08. The lowest BCUT2D eigenvalue weighted by Crippen LogP contribution is -2.33. The van der Waals surface area contributed by atoms with Gasteiger partial charge < -0.3 is 10.6 Å². The predicted molar refractivity (Wildman–Crippen MR) is 99.2 cm³/mol. The second-order valence-electron chi connectivity index (χ2n) is 5.80. The number of nitrogens with zero attached hydrogens (tertiary/aromatic N) is 2. The third kappa shape index (κ3) is 3.32. The van der Waals surface area contributed by atoms with Crippen molar-refractivity contribution in [2.75, 3.05) is 12.4 Å². The Morgan fingerprint density at radius 3 is 2.38 bits per heavy atom. The Bertz CT molecular complexity index is 1060. The van der Waals surface area contributed by atoms with Crippen molar-refractivity contribution in [3.05, 3.63) is 70.1 Å². The van der Waals surface area contributed by atoms with Crippen molar-refractivity contribution in [3.63, 3.8) is 0 Å². The summed E-state index contributed by atoms with van der Waals surface area (Å²) in [5, 5.41) is 10.2. The minimum absolute atomic E-state index is 0.103. The number of anilines is 1. The number of rotatable bonds is 4. The summed E-state index contributed by atoms with van der Waals surface area (Å²) < 4.78 is 1.01. The lowest BCUT2D eigenvalue weighted by atomic mass is 10.1. The van der Waals surface area contributed by atoms with Crippen LogP contribution in [0.1, 0.15) is 16.1 Å². The average Bonchev–Trinajstić information content (AvgIpc) is 2.65. The van der Waals surface area contributed by atoms with Crippen LogP contribution in [0.5, 0.6) is 0 Å². The number of para-hydroxylation sites is 1. The highest BCUT2D eigenvalue weighted by atomic mass is 16.2. The van der Waals surface area contributed by atoms with Gasteiger partial charge in [0.2, 0.25) is 5.91 Å². The van der Waals surface area contributed by atoms with Gasteiger partial charge in [-0.25, -0.2) is 4.68 Å². The van der Waals surface area contributed by atoms with E-state index in [0.29, 0.717) is 16.5 Å². The van der Waals surface area contributed by atoms with Gasteiger partial charge in [-0.3, -0.25) is 14.4 Å². The zero-order valence-corrected chi connectivity index (χ0v) is 14.4. The molecule has 1 heterocycles. The first-order valence-corrected chi connectivity index (χ1v) is 8.08. The van der Waals surface area contributed by atoms with Gasteiger partial charge in [0.15, 0.2) is 5.69 Å². The van der Waals surface area contributed by atoms with Crippen molar-refractivity contribution < 1.29 is 9.59 Å². The number of amides is 2. The summed E-state index contributed by atoms with van der Waals surface area (Å²) in [6, 6.07) is 14.0. The summed E-state index contributed by atoms with van der Waals surface area (Å²) in [7, 11) is 1.49. The minimum atomic E-state index is -0.423. The fourth-order valence-electron chi connectivity index (χ4n) is 2.67. The van der Waals surface area contributed by atoms with Crippen LogP contribution < -0.4 is 16.2 Å². The Morgan fingerprint density at radius 1 is 1.04 bits per heavy atom. The molecule has 7 nitrogen and oxygen atoms in total. The number of hydrogen-bond donors (Lipinski definition) is 2. The summed E-state index contributed by atoms with van der Waals surface area (Å²) in [5.74, 6) is -0.818. The van der Waals surface area contributed by atoms with Crippen LogP contribution in [0.2, 0.25) is 0 Å². The minimum Gasteiger partial charge on any atom is -0.354 e. The normalized spacial score (nSPS) is 10.5. The highest BCUT2D eigenvalue weighted by Crippen LogP contribution is 2.14. The predicted octanol–water partition coefficient (Wildman–Crippen LogP) is 1.70. The lowest BCUT2D eigenvalue weighted by Gasteiger charge is -2.11. The number of aryl methyl sites for hydroxylation is 1. The molecular formula is C19H18N4O3. The molecule has 0 spiro atoms. The number of benzene rings is 2. The lowest BCUT2D eigenvalue weighted by molar-refractivity contribution is -0.117. The van der Waals surface area contributed by atoms with Crippen LogP contribution in [0, 0.1) is 6.92 Å². The molecule has 0 aliphatic carbocycles. The van der Waals surface area contributed by atoms with Crippen LogP contribution in [-0.2, 0) is 11.3 Å². The quantitative estimate of drug-likeness (QED) is 0.749. The Morgan fingerprint density at radius 2 is 1.69 bits per heavy atom. The second kappa shape index (κ2) is 7.18. The Kier molecular flexibility index (Phi) is 4.79. The Hall–Kier alpha value is -3.48. The number of hydrogen-bond acceptors (Lipinski definition) is 4. The van der Waals surface area contributed by atoms with E-state index >= 15 is 0 Å². The van der Waals surface area contributed by atoms with E-state index in [2.05, 4.69) is 15.7 Å². The maximum Gasteiger partial charge on any atom is 0.275 e. The molecule has 0 fully saturated rings. The third-order valence-corrected chi connectivity index (χ3v) is 4.02. The van der Waals surface area contributed by atoms with Gasteiger partial charge in [0.25, 0.3) is 11.5 Å². The summed E-state index contributed by atoms with van der Waals surface area (Å²) in [6.45, 7) is 1.59. The van der Waals surface area contributed by atoms with E-state index in [9.17, 15) is 14.4 Å². The van der Waals surface area contributed by atoms with Gasteiger partial charge in [-0.05, 0) is 24.6 Å². The fraction of sp³-hybridized carbons (Fsp3) is 0.158. The molecule has 0 unspecified atom stereocenters. The molecule has 0 aliphatic rings. The standard InChI is InChI=1S/C19H18N4O3/c1-12-7-3-6-10-15(12)21-16(24)11-23-19(26)14-9-5-4-8-13(14)17(22-23)18(25)20-2/h3-10H,11H2,1-2H3,(H,20,25)(H,21,24). The van der Waals surface area contributed by atoms with Crippen molar-refractivity contribution in [1.82, 2.24) is 15.1 Å². The van der Waals surface area contributed by atoms with Gasteiger partial charge in [0.1, 0.15) is 6.54 Å². The summed E-state index contributed by atoms with van der Waals surface area (Å²) >= 11 is 0. The van der Waals surface area contributed by atoms with Crippen molar-refractivity contribution >= 4 is 28.3 Å². The maximum atomic E-state index is 12.6. The Balaban J connectivity index is 1.98. The number of aromatic nitrogens is 2. The first-order chi connectivity index (χ1) is 12.5. The van der Waals surface area contributed by atoms with E-state index < -0.39 is 17.4 Å². The molecule has 2 aromatic carbocycles. The second-order valence-corrected chi connectivity index (χ2v) is 5.80. The van der Waals surface area contributed by atoms with Crippen LogP contribution in [0.3, 0.4) is 0 Å². The SMILES string of the molecule is CNC(=O)c1nn(CC(=O)Nc2ccccc2C)c(=O)c2ccccc12. The molecule has 0 saturated heterocycles. The van der Waals surface area contributed by atoms with Crippen molar-refractivity contribution in [2.45, 2.75) is 13.5 Å². The maximum absolute atomic E-state index is 12.6. The van der Waals surface area contributed by atoms with Gasteiger partial charge in [-0.15, -0.1) is 0 Å². The van der Waals surface area contributed by atoms with Gasteiger partial charge >= 0.3 is 0 Å². The van der Waals surface area contributed by atoms with Crippen LogP contribution in [0.15, 0.2) is 53.3 Å². The summed E-state index contributed by atoms with van der Waals surface area (Å²) in [5.41, 5.74) is 1.25. The van der Waals surface area contributed by atoms with E-state index in [0.717, 1.165) is 10.2 Å². The molecule has 0 saturated carbocycles. The molecule has 3 aromatic rings. The average molecular weight is 350 g/mol. The van der Waals surface area contributed by atoms with E-state index in [1.54, 1.807) is 30.3 Å². The summed E-state index contributed by atoms with van der Waals surface area (Å²) in [4.78, 5) is 37.1. The monoisotopic (exact) mass is 350 g/mol. The molecule has 0 bridgehead atoms. The number of fused-ring (bicyclic) bond motifs is 1. The Labute approximate surface area is 149 Å². The van der Waals surface area contributed by atoms with Crippen molar-refractivity contribution in [3.8, 4) is 0 Å². The topological polar surface area (TPSA) is 93.1 Å². The van der Waals surface area contributed by atoms with Gasteiger partial charge in [-0.2, -0.15) is 5.10 Å². The van der Waals surface area contributed by atoms with Gasteiger partial charge in [0.05, 0.1) is 5.39 Å². The zero-order valence-electron chi connectivity index (χ0n) is 14.4. The van der Waals surface area contributed by atoms with Crippen molar-refractivity contribution in [1.29, 1.82) is 0 Å². The van der Waals surface area contributed by atoms with Crippen LogP contribution in [-0.4, -0.2) is 28.6 Å². The molecule has 26 heavy (non-hydrogen) atoms. The highest BCUT2D eigenvalue weighted by molar-refractivity contribution is 6.04. The van der Waals surface area contributed by atoms with E-state index in [4.69, 9.17) is 0 Å². The third-order valence-electron chi connectivity index (χ3n) is 4.02. The first kappa shape index (κ1) is 17.3. The van der Waals surface area contributed by atoms with E-state index in [1.165, 1.54) is 7.05 Å². The molecule has 1 aromatic heterocycles. The number of carbonyl (C=O) groups excluding carboxylic acids is 2. The smallest absolute Gasteiger partial charge is 0.275 e. The zero-order chi connectivity index (χ0) is 18.7. The van der Waals surface area contributed by atoms with Gasteiger partial charge in [0, 0.05) is 18.1 Å². The van der Waals surface area contributed by atoms with Crippen LogP contribution >= 0.6 is 0 Å². The molecule has 0 radical (unpaired) electrons.